The fourth-order valence-electron chi connectivity index (χ4n) is 3.79. The monoisotopic (exact) mass is 363 g/mol. The van der Waals surface area contributed by atoms with Crippen LogP contribution in [0.15, 0.2) is 91.0 Å². The van der Waals surface area contributed by atoms with Gasteiger partial charge in [-0.1, -0.05) is 61.5 Å². The minimum atomic E-state index is -2.43. The van der Waals surface area contributed by atoms with Gasteiger partial charge in [-0.2, -0.15) is 0 Å². The maximum atomic E-state index is 12.6. The van der Waals surface area contributed by atoms with E-state index in [1.807, 2.05) is 68.4 Å². The molecule has 0 aromatic heterocycles. The van der Waals surface area contributed by atoms with E-state index in [4.69, 9.17) is 0 Å². The molecule has 0 bridgehead atoms. The molecule has 0 aliphatic carbocycles. The number of carboxylic acids is 1. The third kappa shape index (κ3) is 2.75. The van der Waals surface area contributed by atoms with Crippen LogP contribution in [-0.4, -0.2) is 16.2 Å². The van der Waals surface area contributed by atoms with Gasteiger partial charge in [-0.25, -0.2) is 4.79 Å². The summed E-state index contributed by atoms with van der Waals surface area (Å²) in [6.45, 7) is 3.90. The number of rotatable bonds is 6. The van der Waals surface area contributed by atoms with Crippen LogP contribution in [0.2, 0.25) is 0 Å². The first-order valence-electron chi connectivity index (χ1n) is 8.86. The lowest BCUT2D eigenvalue weighted by Crippen LogP contribution is -2.50. The Hall–Kier alpha value is -2.44. The van der Waals surface area contributed by atoms with Crippen molar-refractivity contribution in [3.8, 4) is 0 Å². The van der Waals surface area contributed by atoms with E-state index in [2.05, 4.69) is 36.4 Å². The molecule has 3 rings (SSSR count). The Balaban J connectivity index is 2.50. The van der Waals surface area contributed by atoms with Gasteiger partial charge >= 0.3 is 5.97 Å². The maximum absolute atomic E-state index is 12.6. The first kappa shape index (κ1) is 18.4. The Bertz CT molecular complexity index is 766. The maximum Gasteiger partial charge on any atom is 0.348 e. The van der Waals surface area contributed by atoms with E-state index < -0.39 is 18.4 Å². The van der Waals surface area contributed by atoms with E-state index in [9.17, 15) is 9.90 Å². The van der Waals surface area contributed by atoms with Gasteiger partial charge in [0.15, 0.2) is 5.16 Å². The Morgan fingerprint density at radius 1 is 0.769 bits per heavy atom. The number of carbonyl (C=O) groups is 1. The van der Waals surface area contributed by atoms with E-state index in [-0.39, 0.29) is 0 Å². The van der Waals surface area contributed by atoms with Gasteiger partial charge in [-0.15, -0.1) is 0 Å². The van der Waals surface area contributed by atoms with E-state index in [1.165, 1.54) is 0 Å². The van der Waals surface area contributed by atoms with Crippen LogP contribution < -0.4 is 15.9 Å². The van der Waals surface area contributed by atoms with Crippen molar-refractivity contribution in [3.05, 3.63) is 91.0 Å². The number of hydrogen-bond donors (Lipinski definition) is 1. The Morgan fingerprint density at radius 2 is 1.08 bits per heavy atom. The number of hydrogen-bond acceptors (Lipinski definition) is 1. The largest absolute Gasteiger partial charge is 0.478 e. The highest BCUT2D eigenvalue weighted by molar-refractivity contribution is 7.97. The van der Waals surface area contributed by atoms with Gasteiger partial charge in [-0.3, -0.25) is 0 Å². The molecule has 1 N–H and O–H groups in total. The third-order valence-electron chi connectivity index (χ3n) is 5.32. The predicted molar refractivity (Wildman–Crippen MR) is 111 cm³/mol. The van der Waals surface area contributed by atoms with Crippen molar-refractivity contribution >= 4 is 29.1 Å². The first-order valence-corrected chi connectivity index (χ1v) is 10.7. The second-order valence-electron chi connectivity index (χ2n) is 6.61. The second-order valence-corrected chi connectivity index (χ2v) is 10.5. The molecule has 2 nitrogen and oxygen atoms in total. The molecule has 3 aromatic carbocycles. The molecule has 26 heavy (non-hydrogen) atoms. The van der Waals surface area contributed by atoms with Crippen LogP contribution in [0.5, 0.6) is 0 Å². The summed E-state index contributed by atoms with van der Waals surface area (Å²) in [6.07, 6.45) is 0.550. The standard InChI is InChI=1S/C23H23O2P/c1-3-23(2,22(24)25)26(19-13-7-4-8-14-19,20-15-9-5-10-16-20)21-17-11-6-12-18-21/h4-18H,3H2,1-2H3/p+1. The van der Waals surface area contributed by atoms with Gasteiger partial charge in [0.25, 0.3) is 0 Å². The summed E-state index contributed by atoms with van der Waals surface area (Å²) in [5.41, 5.74) is 0. The van der Waals surface area contributed by atoms with Gasteiger partial charge in [0.2, 0.25) is 0 Å². The van der Waals surface area contributed by atoms with Gasteiger partial charge in [0, 0.05) is 0 Å². The van der Waals surface area contributed by atoms with Gasteiger partial charge < -0.3 is 5.11 Å². The summed E-state index contributed by atoms with van der Waals surface area (Å²) in [5.74, 6) is -0.745. The van der Waals surface area contributed by atoms with Crippen LogP contribution in [-0.2, 0) is 4.79 Å². The number of carboxylic acid groups (broad SMARTS) is 1. The van der Waals surface area contributed by atoms with Crippen LogP contribution in [0.1, 0.15) is 20.3 Å². The highest BCUT2D eigenvalue weighted by Crippen LogP contribution is 2.67. The van der Waals surface area contributed by atoms with E-state index in [0.717, 1.165) is 15.9 Å². The van der Waals surface area contributed by atoms with Crippen molar-refractivity contribution in [1.82, 2.24) is 0 Å². The summed E-state index contributed by atoms with van der Waals surface area (Å²) in [7, 11) is -2.43. The average Bonchev–Trinajstić information content (AvgIpc) is 2.70. The zero-order valence-electron chi connectivity index (χ0n) is 15.2. The van der Waals surface area contributed by atoms with Crippen molar-refractivity contribution in [2.45, 2.75) is 25.4 Å². The molecule has 1 atom stereocenters. The molecular weight excluding hydrogens is 339 g/mol. The fraction of sp³-hybridized carbons (Fsp3) is 0.174. The SMILES string of the molecule is CCC(C)(C(=O)O)[P+](c1ccccc1)(c1ccccc1)c1ccccc1. The molecule has 0 saturated carbocycles. The molecule has 3 heteroatoms. The Kier molecular flexibility index (Phi) is 5.25. The second kappa shape index (κ2) is 7.43. The van der Waals surface area contributed by atoms with Gasteiger partial charge in [0.05, 0.1) is 0 Å². The van der Waals surface area contributed by atoms with Crippen molar-refractivity contribution in [2.24, 2.45) is 0 Å². The highest BCUT2D eigenvalue weighted by atomic mass is 31.2. The minimum absolute atomic E-state index is 0.550. The highest BCUT2D eigenvalue weighted by Gasteiger charge is 2.63. The molecule has 0 amide bonds. The number of benzene rings is 3. The lowest BCUT2D eigenvalue weighted by molar-refractivity contribution is -0.139. The fourth-order valence-corrected chi connectivity index (χ4v) is 9.01. The third-order valence-corrected chi connectivity index (χ3v) is 10.5. The summed E-state index contributed by atoms with van der Waals surface area (Å²) in [4.78, 5) is 12.6. The van der Waals surface area contributed by atoms with Gasteiger partial charge in [0.1, 0.15) is 23.2 Å². The Morgan fingerprint density at radius 3 is 1.31 bits per heavy atom. The lowest BCUT2D eigenvalue weighted by atomic mass is 10.1. The van der Waals surface area contributed by atoms with Gasteiger partial charge in [-0.05, 0) is 49.7 Å². The topological polar surface area (TPSA) is 37.3 Å². The van der Waals surface area contributed by atoms with Crippen LogP contribution >= 0.6 is 7.26 Å². The van der Waals surface area contributed by atoms with Crippen LogP contribution in [0.25, 0.3) is 0 Å². The summed E-state index contributed by atoms with van der Waals surface area (Å²) < 4.78 is 0. The van der Waals surface area contributed by atoms with E-state index >= 15 is 0 Å². The summed E-state index contributed by atoms with van der Waals surface area (Å²) in [6, 6.07) is 30.5. The van der Waals surface area contributed by atoms with Crippen molar-refractivity contribution in [2.75, 3.05) is 0 Å². The molecule has 0 aliphatic rings. The van der Waals surface area contributed by atoms with E-state index in [1.54, 1.807) is 0 Å². The average molecular weight is 363 g/mol. The summed E-state index contributed by atoms with van der Waals surface area (Å²) >= 11 is 0. The normalized spacial score (nSPS) is 13.8. The molecule has 132 valence electrons. The van der Waals surface area contributed by atoms with E-state index in [0.29, 0.717) is 6.42 Å². The zero-order valence-corrected chi connectivity index (χ0v) is 16.1. The summed E-state index contributed by atoms with van der Waals surface area (Å²) in [5, 5.41) is 12.8. The van der Waals surface area contributed by atoms with Crippen molar-refractivity contribution in [1.29, 1.82) is 0 Å². The number of aliphatic carboxylic acids is 1. The van der Waals surface area contributed by atoms with Crippen molar-refractivity contribution < 1.29 is 9.90 Å². The van der Waals surface area contributed by atoms with Crippen LogP contribution in [0.3, 0.4) is 0 Å². The van der Waals surface area contributed by atoms with Crippen molar-refractivity contribution in [3.63, 3.8) is 0 Å². The molecule has 0 radical (unpaired) electrons. The molecule has 0 heterocycles. The molecule has 0 saturated heterocycles. The molecule has 3 aromatic rings. The Labute approximate surface area is 155 Å². The molecule has 0 aliphatic heterocycles. The molecule has 0 fully saturated rings. The van der Waals surface area contributed by atoms with Crippen LogP contribution in [0, 0.1) is 0 Å². The minimum Gasteiger partial charge on any atom is -0.478 e. The molecule has 0 spiro atoms. The lowest BCUT2D eigenvalue weighted by Gasteiger charge is -2.39. The molecule has 1 unspecified atom stereocenters. The van der Waals surface area contributed by atoms with Crippen LogP contribution in [0.4, 0.5) is 0 Å². The predicted octanol–water partition coefficient (Wildman–Crippen LogP) is 4.23. The molecular formula is C23H24O2P+. The zero-order chi connectivity index (χ0) is 18.6. The quantitative estimate of drug-likeness (QED) is 0.666. The smallest absolute Gasteiger partial charge is 0.348 e. The first-order chi connectivity index (χ1) is 12.6.